The van der Waals surface area contributed by atoms with Crippen LogP contribution in [0.5, 0.6) is 5.75 Å². The van der Waals surface area contributed by atoms with E-state index >= 15 is 0 Å². The molecule has 0 spiro atoms. The molecule has 28 heavy (non-hydrogen) atoms. The largest absolute Gasteiger partial charge is 0.491 e. The molecule has 1 fully saturated rings. The number of aryl methyl sites for hydroxylation is 2. The fraction of sp³-hybridized carbons (Fsp3) is 0.550. The Hall–Kier alpha value is -2.61. The summed E-state index contributed by atoms with van der Waals surface area (Å²) in [5, 5.41) is 14.7. The first-order chi connectivity index (χ1) is 13.7. The van der Waals surface area contributed by atoms with Gasteiger partial charge in [0.25, 0.3) is 0 Å². The Morgan fingerprint density at radius 2 is 2.21 bits per heavy atom. The van der Waals surface area contributed by atoms with Crippen LogP contribution in [0.4, 0.5) is 0 Å². The lowest BCUT2D eigenvalue weighted by atomic mass is 10.1. The van der Waals surface area contributed by atoms with Gasteiger partial charge >= 0.3 is 0 Å². The quantitative estimate of drug-likeness (QED) is 0.533. The molecule has 0 bridgehead atoms. The Bertz CT molecular complexity index is 783. The zero-order valence-electron chi connectivity index (χ0n) is 16.9. The van der Waals surface area contributed by atoms with Gasteiger partial charge in [-0.15, -0.1) is 10.2 Å². The minimum atomic E-state index is 0.201. The molecule has 1 atom stereocenters. The maximum atomic E-state index is 6.07. The summed E-state index contributed by atoms with van der Waals surface area (Å²) < 4.78 is 13.7. The molecule has 2 heterocycles. The maximum Gasteiger partial charge on any atom is 0.191 e. The highest BCUT2D eigenvalue weighted by molar-refractivity contribution is 5.79. The molecule has 1 aliphatic heterocycles. The second kappa shape index (κ2) is 10.1. The summed E-state index contributed by atoms with van der Waals surface area (Å²) in [6, 6.07) is 6.26. The van der Waals surface area contributed by atoms with Gasteiger partial charge < -0.3 is 24.7 Å². The van der Waals surface area contributed by atoms with E-state index < -0.39 is 0 Å². The number of aromatic nitrogens is 3. The van der Waals surface area contributed by atoms with Crippen molar-refractivity contribution in [2.75, 3.05) is 20.3 Å². The molecule has 8 heteroatoms. The molecule has 1 aliphatic rings. The summed E-state index contributed by atoms with van der Waals surface area (Å²) in [5.74, 6) is 2.47. The number of hydrogen-bond donors (Lipinski definition) is 2. The van der Waals surface area contributed by atoms with E-state index in [4.69, 9.17) is 9.47 Å². The van der Waals surface area contributed by atoms with Crippen LogP contribution in [0.15, 0.2) is 29.5 Å². The lowest BCUT2D eigenvalue weighted by Crippen LogP contribution is -2.37. The standard InChI is InChI=1S/C20H30N6O2/c1-4-26-14-24-25-19(26)12-23-20(21-3)22-11-16-8-7-15(2)10-18(16)28-13-17-6-5-9-27-17/h7-8,10,14,17H,4-6,9,11-13H2,1-3H3,(H2,21,22,23). The smallest absolute Gasteiger partial charge is 0.191 e. The molecule has 0 saturated carbocycles. The van der Waals surface area contributed by atoms with Gasteiger partial charge in [-0.2, -0.15) is 0 Å². The number of benzene rings is 1. The van der Waals surface area contributed by atoms with Crippen LogP contribution in [-0.2, 0) is 24.4 Å². The van der Waals surface area contributed by atoms with E-state index in [9.17, 15) is 0 Å². The van der Waals surface area contributed by atoms with Crippen LogP contribution in [-0.4, -0.2) is 47.1 Å². The highest BCUT2D eigenvalue weighted by Gasteiger charge is 2.17. The first-order valence-corrected chi connectivity index (χ1v) is 9.84. The number of nitrogens with zero attached hydrogens (tertiary/aromatic N) is 4. The third kappa shape index (κ3) is 5.45. The molecular weight excluding hydrogens is 356 g/mol. The number of ether oxygens (including phenoxy) is 2. The molecule has 1 aromatic heterocycles. The fourth-order valence-corrected chi connectivity index (χ4v) is 3.14. The molecule has 1 aromatic carbocycles. The molecule has 0 aliphatic carbocycles. The van der Waals surface area contributed by atoms with E-state index in [1.54, 1.807) is 13.4 Å². The number of aliphatic imine (C=N–C) groups is 1. The van der Waals surface area contributed by atoms with E-state index in [0.29, 0.717) is 25.7 Å². The van der Waals surface area contributed by atoms with Crippen LogP contribution in [0.2, 0.25) is 0 Å². The van der Waals surface area contributed by atoms with Crippen LogP contribution >= 0.6 is 0 Å². The van der Waals surface area contributed by atoms with Crippen molar-refractivity contribution in [3.8, 4) is 5.75 Å². The fourth-order valence-electron chi connectivity index (χ4n) is 3.14. The third-order valence-electron chi connectivity index (χ3n) is 4.79. The van der Waals surface area contributed by atoms with Crippen molar-refractivity contribution in [3.63, 3.8) is 0 Å². The van der Waals surface area contributed by atoms with Gasteiger partial charge in [-0.3, -0.25) is 4.99 Å². The highest BCUT2D eigenvalue weighted by Crippen LogP contribution is 2.22. The average Bonchev–Trinajstić information content (AvgIpc) is 3.39. The lowest BCUT2D eigenvalue weighted by molar-refractivity contribution is 0.0676. The van der Waals surface area contributed by atoms with E-state index in [0.717, 1.165) is 43.1 Å². The Morgan fingerprint density at radius 1 is 1.36 bits per heavy atom. The second-order valence-corrected chi connectivity index (χ2v) is 6.87. The van der Waals surface area contributed by atoms with Crippen molar-refractivity contribution >= 4 is 5.96 Å². The number of hydrogen-bond acceptors (Lipinski definition) is 5. The van der Waals surface area contributed by atoms with Gasteiger partial charge in [-0.05, 0) is 38.3 Å². The van der Waals surface area contributed by atoms with Crippen LogP contribution < -0.4 is 15.4 Å². The van der Waals surface area contributed by atoms with E-state index in [1.807, 2.05) is 4.57 Å². The van der Waals surface area contributed by atoms with Crippen LogP contribution in [0, 0.1) is 6.92 Å². The number of guanidine groups is 1. The summed E-state index contributed by atoms with van der Waals surface area (Å²) >= 11 is 0. The van der Waals surface area contributed by atoms with E-state index in [2.05, 4.69) is 57.9 Å². The molecule has 152 valence electrons. The topological polar surface area (TPSA) is 85.6 Å². The van der Waals surface area contributed by atoms with Crippen molar-refractivity contribution in [1.29, 1.82) is 0 Å². The Balaban J connectivity index is 1.55. The first kappa shape index (κ1) is 20.1. The van der Waals surface area contributed by atoms with Crippen molar-refractivity contribution in [1.82, 2.24) is 25.4 Å². The molecular formula is C20H30N6O2. The number of nitrogens with one attached hydrogen (secondary N) is 2. The summed E-state index contributed by atoms with van der Waals surface area (Å²) in [6.07, 6.45) is 4.12. The van der Waals surface area contributed by atoms with E-state index in [-0.39, 0.29) is 6.10 Å². The van der Waals surface area contributed by atoms with Crippen LogP contribution in [0.1, 0.15) is 36.7 Å². The summed E-state index contributed by atoms with van der Waals surface area (Å²) in [7, 11) is 1.75. The molecule has 3 rings (SSSR count). The first-order valence-electron chi connectivity index (χ1n) is 9.84. The Labute approximate surface area is 166 Å². The molecule has 0 radical (unpaired) electrons. The van der Waals surface area contributed by atoms with Crippen LogP contribution in [0.25, 0.3) is 0 Å². The minimum absolute atomic E-state index is 0.201. The highest BCUT2D eigenvalue weighted by atomic mass is 16.5. The summed E-state index contributed by atoms with van der Waals surface area (Å²) in [6.45, 7) is 7.58. The lowest BCUT2D eigenvalue weighted by Gasteiger charge is -2.17. The van der Waals surface area contributed by atoms with Gasteiger partial charge in [0.1, 0.15) is 18.7 Å². The summed E-state index contributed by atoms with van der Waals surface area (Å²) in [5.41, 5.74) is 2.26. The zero-order chi connectivity index (χ0) is 19.8. The Kier molecular flexibility index (Phi) is 7.25. The second-order valence-electron chi connectivity index (χ2n) is 6.87. The van der Waals surface area contributed by atoms with Gasteiger partial charge in [0.2, 0.25) is 0 Å². The van der Waals surface area contributed by atoms with Crippen molar-refractivity contribution in [2.45, 2.75) is 52.4 Å². The normalized spacial score (nSPS) is 17.0. The molecule has 8 nitrogen and oxygen atoms in total. The van der Waals surface area contributed by atoms with Gasteiger partial charge in [-0.1, -0.05) is 12.1 Å². The number of rotatable bonds is 8. The SMILES string of the molecule is CCn1cnnc1CNC(=NC)NCc1ccc(C)cc1OCC1CCCO1. The van der Waals surface area contributed by atoms with Crippen molar-refractivity contribution in [3.05, 3.63) is 41.5 Å². The maximum absolute atomic E-state index is 6.07. The average molecular weight is 387 g/mol. The zero-order valence-corrected chi connectivity index (χ0v) is 16.9. The molecule has 2 aromatic rings. The summed E-state index contributed by atoms with van der Waals surface area (Å²) in [4.78, 5) is 4.29. The molecule has 1 unspecified atom stereocenters. The molecule has 0 amide bonds. The van der Waals surface area contributed by atoms with E-state index in [1.165, 1.54) is 5.56 Å². The Morgan fingerprint density at radius 3 is 2.96 bits per heavy atom. The third-order valence-corrected chi connectivity index (χ3v) is 4.79. The monoisotopic (exact) mass is 386 g/mol. The predicted molar refractivity (Wildman–Crippen MR) is 108 cm³/mol. The van der Waals surface area contributed by atoms with Crippen molar-refractivity contribution in [2.24, 2.45) is 4.99 Å². The van der Waals surface area contributed by atoms with Gasteiger partial charge in [0.15, 0.2) is 11.8 Å². The van der Waals surface area contributed by atoms with Gasteiger partial charge in [-0.25, -0.2) is 0 Å². The van der Waals surface area contributed by atoms with Crippen LogP contribution in [0.3, 0.4) is 0 Å². The predicted octanol–water partition coefficient (Wildman–Crippen LogP) is 2.03. The van der Waals surface area contributed by atoms with Crippen molar-refractivity contribution < 1.29 is 9.47 Å². The minimum Gasteiger partial charge on any atom is -0.491 e. The van der Waals surface area contributed by atoms with Gasteiger partial charge in [0, 0.05) is 32.3 Å². The molecule has 2 N–H and O–H groups in total. The molecule has 1 saturated heterocycles. The van der Waals surface area contributed by atoms with Gasteiger partial charge in [0.05, 0.1) is 12.6 Å².